The molecule has 1 atom stereocenters. The summed E-state index contributed by atoms with van der Waals surface area (Å²) in [5, 5.41) is 4.11. The fourth-order valence-corrected chi connectivity index (χ4v) is 3.70. The average molecular weight is 366 g/mol. The maximum absolute atomic E-state index is 13.9. The van der Waals surface area contributed by atoms with Gasteiger partial charge in [-0.15, -0.1) is 0 Å². The van der Waals surface area contributed by atoms with E-state index in [0.717, 1.165) is 23.8 Å². The molecule has 2 N–H and O–H groups in total. The summed E-state index contributed by atoms with van der Waals surface area (Å²) in [7, 11) is 0. The number of benzene rings is 1. The van der Waals surface area contributed by atoms with Gasteiger partial charge in [-0.2, -0.15) is 13.2 Å². The van der Waals surface area contributed by atoms with Gasteiger partial charge in [0.2, 0.25) is 11.9 Å². The molecule has 1 saturated carbocycles. The van der Waals surface area contributed by atoms with Crippen molar-refractivity contribution in [1.82, 2.24) is 14.9 Å². The Morgan fingerprint density at radius 3 is 2.62 bits per heavy atom. The highest BCUT2D eigenvalue weighted by Gasteiger charge is 2.66. The largest absolute Gasteiger partial charge is 0.440 e. The summed E-state index contributed by atoms with van der Waals surface area (Å²) in [5.74, 6) is -2.78. The minimum absolute atomic E-state index is 0.225. The van der Waals surface area contributed by atoms with E-state index in [4.69, 9.17) is 0 Å². The van der Waals surface area contributed by atoms with Crippen LogP contribution in [0.15, 0.2) is 24.3 Å². The molecule has 138 valence electrons. The van der Waals surface area contributed by atoms with Gasteiger partial charge in [0.25, 0.3) is 11.6 Å². The molecule has 6 nitrogen and oxygen atoms in total. The number of anilines is 1. The zero-order chi connectivity index (χ0) is 18.5. The van der Waals surface area contributed by atoms with Crippen LogP contribution in [0.4, 0.5) is 19.1 Å². The van der Waals surface area contributed by atoms with Crippen molar-refractivity contribution in [2.75, 3.05) is 5.32 Å². The summed E-state index contributed by atoms with van der Waals surface area (Å²) in [5.41, 5.74) is -2.52. The highest BCUT2D eigenvalue weighted by molar-refractivity contribution is 6.06. The van der Waals surface area contributed by atoms with Gasteiger partial charge in [-0.1, -0.05) is 31.4 Å². The summed E-state index contributed by atoms with van der Waals surface area (Å²) in [4.78, 5) is 29.3. The Hall–Kier alpha value is -2.58. The highest BCUT2D eigenvalue weighted by atomic mass is 19.4. The fourth-order valence-electron chi connectivity index (χ4n) is 3.70. The van der Waals surface area contributed by atoms with Gasteiger partial charge in [0.05, 0.1) is 11.0 Å². The number of imidazole rings is 1. The number of rotatable bonds is 2. The molecular formula is C17H17F3N4O2. The summed E-state index contributed by atoms with van der Waals surface area (Å²) in [6, 6.07) is 6.41. The summed E-state index contributed by atoms with van der Waals surface area (Å²) >= 11 is 0. The maximum Gasteiger partial charge on any atom is 0.440 e. The van der Waals surface area contributed by atoms with E-state index in [1.54, 1.807) is 18.2 Å². The Morgan fingerprint density at radius 1 is 1.23 bits per heavy atom. The smallest absolute Gasteiger partial charge is 0.318 e. The van der Waals surface area contributed by atoms with Crippen molar-refractivity contribution in [3.63, 3.8) is 0 Å². The topological polar surface area (TPSA) is 76.0 Å². The predicted octanol–water partition coefficient (Wildman–Crippen LogP) is 3.06. The molecule has 1 aromatic heterocycles. The first-order chi connectivity index (χ1) is 12.3. The number of para-hydroxylation sites is 2. The molecule has 2 heterocycles. The molecule has 0 radical (unpaired) electrons. The van der Waals surface area contributed by atoms with Crippen molar-refractivity contribution in [3.8, 4) is 0 Å². The third kappa shape index (κ3) is 2.37. The normalized spacial score (nSPS) is 23.7. The van der Waals surface area contributed by atoms with Crippen LogP contribution in [0.1, 0.15) is 36.9 Å². The molecule has 1 aliphatic heterocycles. The molecule has 1 amide bonds. The van der Waals surface area contributed by atoms with Gasteiger partial charge >= 0.3 is 6.18 Å². The third-order valence-electron chi connectivity index (χ3n) is 5.10. The highest BCUT2D eigenvalue weighted by Crippen LogP contribution is 2.40. The van der Waals surface area contributed by atoms with Gasteiger partial charge in [-0.3, -0.25) is 9.59 Å². The van der Waals surface area contributed by atoms with Crippen LogP contribution in [0, 0.1) is 5.92 Å². The zero-order valence-corrected chi connectivity index (χ0v) is 13.8. The molecule has 0 spiro atoms. The van der Waals surface area contributed by atoms with Crippen LogP contribution in [0.2, 0.25) is 0 Å². The number of carbonyl (C=O) groups is 2. The summed E-state index contributed by atoms with van der Waals surface area (Å²) in [6.07, 6.45) is -1.40. The second kappa shape index (κ2) is 5.72. The van der Waals surface area contributed by atoms with Gasteiger partial charge in [0.1, 0.15) is 0 Å². The van der Waals surface area contributed by atoms with Gasteiger partial charge in [0.15, 0.2) is 0 Å². The first-order valence-electron chi connectivity index (χ1n) is 8.53. The number of nitrogens with zero attached hydrogens (tertiary/aromatic N) is 2. The predicted molar refractivity (Wildman–Crippen MR) is 87.5 cm³/mol. The van der Waals surface area contributed by atoms with E-state index in [2.05, 4.69) is 10.3 Å². The number of alkyl halides is 3. The lowest BCUT2D eigenvalue weighted by atomic mass is 9.88. The molecule has 2 aliphatic rings. The van der Waals surface area contributed by atoms with Crippen LogP contribution >= 0.6 is 0 Å². The van der Waals surface area contributed by atoms with Gasteiger partial charge in [-0.05, 0) is 25.0 Å². The van der Waals surface area contributed by atoms with Crippen LogP contribution in [0.3, 0.4) is 0 Å². The minimum atomic E-state index is -5.02. The molecule has 4 rings (SSSR count). The van der Waals surface area contributed by atoms with Crippen LogP contribution < -0.4 is 10.6 Å². The van der Waals surface area contributed by atoms with Crippen LogP contribution in [0.25, 0.3) is 11.0 Å². The van der Waals surface area contributed by atoms with Crippen molar-refractivity contribution in [3.05, 3.63) is 24.3 Å². The Labute approximate surface area is 146 Å². The SMILES string of the molecule is O=C(N[C@@]1(C(F)(F)F)Nc2nc3ccccc3n2C1=O)C1CCCCC1. The molecule has 9 heteroatoms. The first kappa shape index (κ1) is 16.9. The number of nitrogens with one attached hydrogen (secondary N) is 2. The van der Waals surface area contributed by atoms with E-state index in [0.29, 0.717) is 18.4 Å². The average Bonchev–Trinajstić information content (AvgIpc) is 3.10. The summed E-state index contributed by atoms with van der Waals surface area (Å²) < 4.78 is 42.6. The Bertz CT molecular complexity index is 886. The van der Waals surface area contributed by atoms with Crippen LogP contribution in [-0.4, -0.2) is 33.2 Å². The number of amides is 1. The first-order valence-corrected chi connectivity index (χ1v) is 8.53. The van der Waals surface area contributed by atoms with Crippen molar-refractivity contribution in [1.29, 1.82) is 0 Å². The fraction of sp³-hybridized carbons (Fsp3) is 0.471. The van der Waals surface area contributed by atoms with Crippen molar-refractivity contribution in [2.45, 2.75) is 43.9 Å². The second-order valence-corrected chi connectivity index (χ2v) is 6.76. The van der Waals surface area contributed by atoms with E-state index in [-0.39, 0.29) is 11.5 Å². The van der Waals surface area contributed by atoms with Crippen LogP contribution in [0.5, 0.6) is 0 Å². The Balaban J connectivity index is 1.72. The van der Waals surface area contributed by atoms with Crippen molar-refractivity contribution < 1.29 is 22.8 Å². The Kier molecular flexibility index (Phi) is 3.71. The van der Waals surface area contributed by atoms with Crippen LogP contribution in [-0.2, 0) is 4.79 Å². The number of aromatic nitrogens is 2. The number of fused-ring (bicyclic) bond motifs is 3. The number of hydrogen-bond donors (Lipinski definition) is 2. The van der Waals surface area contributed by atoms with Crippen molar-refractivity contribution in [2.24, 2.45) is 5.92 Å². The zero-order valence-electron chi connectivity index (χ0n) is 13.8. The molecular weight excluding hydrogens is 349 g/mol. The quantitative estimate of drug-likeness (QED) is 0.857. The minimum Gasteiger partial charge on any atom is -0.318 e. The summed E-state index contributed by atoms with van der Waals surface area (Å²) in [6.45, 7) is 0. The molecule has 0 unspecified atom stereocenters. The second-order valence-electron chi connectivity index (χ2n) is 6.76. The van der Waals surface area contributed by atoms with E-state index in [9.17, 15) is 22.8 Å². The molecule has 1 fully saturated rings. The lowest BCUT2D eigenvalue weighted by Gasteiger charge is -2.32. The van der Waals surface area contributed by atoms with Gasteiger partial charge in [-0.25, -0.2) is 9.55 Å². The lowest BCUT2D eigenvalue weighted by molar-refractivity contribution is -0.177. The molecule has 1 aromatic carbocycles. The number of hydrogen-bond acceptors (Lipinski definition) is 4. The standard InChI is InChI=1S/C17H17F3N4O2/c18-17(19,20)16(22-13(25)10-6-2-1-3-7-10)14(26)24-12-9-5-4-8-11(12)21-15(24)23-16/h4-5,8-10H,1-3,6-7H2,(H,21,23)(H,22,25)/t16-/m1/s1. The molecule has 1 aliphatic carbocycles. The Morgan fingerprint density at radius 2 is 1.92 bits per heavy atom. The molecule has 26 heavy (non-hydrogen) atoms. The van der Waals surface area contributed by atoms with E-state index < -0.39 is 29.6 Å². The number of halogens is 3. The molecule has 0 bridgehead atoms. The van der Waals surface area contributed by atoms with E-state index in [1.807, 2.05) is 5.32 Å². The molecule has 0 saturated heterocycles. The monoisotopic (exact) mass is 366 g/mol. The lowest BCUT2D eigenvalue weighted by Crippen LogP contribution is -2.67. The van der Waals surface area contributed by atoms with Gasteiger partial charge in [0, 0.05) is 5.92 Å². The van der Waals surface area contributed by atoms with Crippen molar-refractivity contribution >= 4 is 28.8 Å². The molecule has 2 aromatic rings. The maximum atomic E-state index is 13.9. The third-order valence-corrected chi connectivity index (χ3v) is 5.10. The number of carbonyl (C=O) groups excluding carboxylic acids is 2. The van der Waals surface area contributed by atoms with Gasteiger partial charge < -0.3 is 10.6 Å². The van der Waals surface area contributed by atoms with E-state index >= 15 is 0 Å². The van der Waals surface area contributed by atoms with E-state index in [1.165, 1.54) is 6.07 Å².